The molecule has 0 spiro atoms. The summed E-state index contributed by atoms with van der Waals surface area (Å²) >= 11 is 0. The van der Waals surface area contributed by atoms with E-state index in [9.17, 15) is 0 Å². The van der Waals surface area contributed by atoms with Crippen LogP contribution in [-0.4, -0.2) is 19.9 Å². The molecule has 1 unspecified atom stereocenters. The van der Waals surface area contributed by atoms with Crippen LogP contribution in [0.2, 0.25) is 0 Å². The molecule has 1 aromatic rings. The van der Waals surface area contributed by atoms with Crippen molar-refractivity contribution in [2.24, 2.45) is 12.5 Å². The van der Waals surface area contributed by atoms with Crippen LogP contribution >= 0.6 is 0 Å². The molecule has 4 nitrogen and oxygen atoms in total. The van der Waals surface area contributed by atoms with Crippen molar-refractivity contribution in [3.05, 3.63) is 11.6 Å². The van der Waals surface area contributed by atoms with Gasteiger partial charge in [-0.3, -0.25) is 0 Å². The summed E-state index contributed by atoms with van der Waals surface area (Å²) in [6, 6.07) is 0. The van der Waals surface area contributed by atoms with E-state index in [0.717, 1.165) is 5.82 Å². The second-order valence-corrected chi connectivity index (χ2v) is 5.12. The minimum Gasteiger partial charge on any atom is -0.388 e. The highest BCUT2D eigenvalue weighted by Gasteiger charge is 2.38. The summed E-state index contributed by atoms with van der Waals surface area (Å²) in [6.45, 7) is 4.55. The molecule has 1 atom stereocenters. The summed E-state index contributed by atoms with van der Waals surface area (Å²) < 4.78 is 1.94. The zero-order valence-electron chi connectivity index (χ0n) is 9.69. The summed E-state index contributed by atoms with van der Waals surface area (Å²) in [5, 5.41) is 17.3. The molecule has 0 amide bonds. The van der Waals surface area contributed by atoms with E-state index >= 15 is 0 Å². The fourth-order valence-electron chi connectivity index (χ4n) is 2.62. The average molecular weight is 209 g/mol. The number of aliphatic hydroxyl groups excluding tert-OH is 1. The minimum absolute atomic E-state index is 0.0311. The molecule has 15 heavy (non-hydrogen) atoms. The molecule has 1 fully saturated rings. The van der Waals surface area contributed by atoms with E-state index < -0.39 is 0 Å². The maximum absolute atomic E-state index is 9.08. The fourth-order valence-corrected chi connectivity index (χ4v) is 2.62. The lowest BCUT2D eigenvalue weighted by atomic mass is 9.81. The molecule has 0 aliphatic heterocycles. The van der Waals surface area contributed by atoms with Crippen LogP contribution in [0, 0.1) is 5.41 Å². The maximum atomic E-state index is 9.08. The third-order valence-electron chi connectivity index (χ3n) is 3.71. The maximum Gasteiger partial charge on any atom is 0.158 e. The van der Waals surface area contributed by atoms with Gasteiger partial charge >= 0.3 is 0 Å². The second-order valence-electron chi connectivity index (χ2n) is 5.12. The third-order valence-corrected chi connectivity index (χ3v) is 3.71. The van der Waals surface area contributed by atoms with Crippen molar-refractivity contribution in [3.8, 4) is 0 Å². The molecule has 1 aliphatic rings. The van der Waals surface area contributed by atoms with Crippen LogP contribution in [0.4, 0.5) is 0 Å². The molecule has 1 heterocycles. The predicted molar refractivity (Wildman–Crippen MR) is 57.3 cm³/mol. The molecule has 1 N–H and O–H groups in total. The highest BCUT2D eigenvalue weighted by Crippen LogP contribution is 2.48. The fraction of sp³-hybridized carbons (Fsp3) is 0.818. The highest BCUT2D eigenvalue weighted by molar-refractivity contribution is 5.08. The molecule has 4 heteroatoms. The van der Waals surface area contributed by atoms with Gasteiger partial charge in [0.25, 0.3) is 0 Å². The van der Waals surface area contributed by atoms with Crippen LogP contribution in [0.15, 0.2) is 0 Å². The van der Waals surface area contributed by atoms with E-state index in [0.29, 0.717) is 17.2 Å². The summed E-state index contributed by atoms with van der Waals surface area (Å²) in [5.74, 6) is 2.17. The van der Waals surface area contributed by atoms with Crippen molar-refractivity contribution in [2.45, 2.75) is 45.6 Å². The number of aliphatic hydroxyl groups is 1. The largest absolute Gasteiger partial charge is 0.388 e. The average Bonchev–Trinajstić information content (AvgIpc) is 2.69. The van der Waals surface area contributed by atoms with Crippen LogP contribution in [0.3, 0.4) is 0 Å². The number of rotatable bonds is 2. The van der Waals surface area contributed by atoms with Crippen LogP contribution in [0.1, 0.15) is 50.7 Å². The van der Waals surface area contributed by atoms with Crippen molar-refractivity contribution in [1.29, 1.82) is 0 Å². The van der Waals surface area contributed by atoms with Crippen LogP contribution in [-0.2, 0) is 13.7 Å². The monoisotopic (exact) mass is 209 g/mol. The van der Waals surface area contributed by atoms with Gasteiger partial charge in [-0.2, -0.15) is 0 Å². The molecule has 84 valence electrons. The Bertz CT molecular complexity index is 357. The van der Waals surface area contributed by atoms with Crippen molar-refractivity contribution in [1.82, 2.24) is 14.8 Å². The minimum atomic E-state index is -0.0311. The number of hydrogen-bond acceptors (Lipinski definition) is 3. The molecule has 0 bridgehead atoms. The number of aromatic nitrogens is 3. The molecule has 0 saturated heterocycles. The Balaban J connectivity index is 2.33. The first-order valence-corrected chi connectivity index (χ1v) is 5.55. The summed E-state index contributed by atoms with van der Waals surface area (Å²) in [7, 11) is 1.94. The van der Waals surface area contributed by atoms with E-state index in [1.165, 1.54) is 19.3 Å². The van der Waals surface area contributed by atoms with E-state index in [2.05, 4.69) is 24.0 Å². The zero-order valence-corrected chi connectivity index (χ0v) is 9.69. The predicted octanol–water partition coefficient (Wildman–Crippen LogP) is 1.60. The molecule has 0 aromatic carbocycles. The molecule has 1 aliphatic carbocycles. The Morgan fingerprint density at radius 3 is 2.67 bits per heavy atom. The molecular formula is C11H19N3O. The van der Waals surface area contributed by atoms with E-state index in [1.54, 1.807) is 0 Å². The Morgan fingerprint density at radius 2 is 2.20 bits per heavy atom. The zero-order chi connectivity index (χ0) is 11.1. The first-order chi connectivity index (χ1) is 7.06. The lowest BCUT2D eigenvalue weighted by Crippen LogP contribution is -2.19. The van der Waals surface area contributed by atoms with Gasteiger partial charge in [0.2, 0.25) is 0 Å². The molecule has 1 aromatic heterocycles. The van der Waals surface area contributed by atoms with Crippen LogP contribution in [0.25, 0.3) is 0 Å². The summed E-state index contributed by atoms with van der Waals surface area (Å²) in [6.07, 6.45) is 3.70. The summed E-state index contributed by atoms with van der Waals surface area (Å²) in [5.41, 5.74) is 0.313. The van der Waals surface area contributed by atoms with Crippen molar-refractivity contribution < 1.29 is 5.11 Å². The Hall–Kier alpha value is -0.900. The van der Waals surface area contributed by atoms with Crippen LogP contribution < -0.4 is 0 Å². The number of nitrogens with zero attached hydrogens (tertiary/aromatic N) is 3. The summed E-state index contributed by atoms with van der Waals surface area (Å²) in [4.78, 5) is 0. The van der Waals surface area contributed by atoms with E-state index in [1.807, 2.05) is 11.6 Å². The second kappa shape index (κ2) is 3.59. The molecule has 0 radical (unpaired) electrons. The van der Waals surface area contributed by atoms with E-state index in [-0.39, 0.29) is 6.61 Å². The third kappa shape index (κ3) is 1.67. The van der Waals surface area contributed by atoms with Gasteiger partial charge in [-0.15, -0.1) is 10.2 Å². The normalized spacial score (nSPS) is 24.7. The van der Waals surface area contributed by atoms with Gasteiger partial charge < -0.3 is 9.67 Å². The van der Waals surface area contributed by atoms with Crippen molar-refractivity contribution in [3.63, 3.8) is 0 Å². The standard InChI is InChI=1S/C11H19N3O/c1-11(2)6-4-5-8(11)10-13-12-9(7-15)14(10)3/h8,15H,4-7H2,1-3H3. The molecular weight excluding hydrogens is 190 g/mol. The first-order valence-electron chi connectivity index (χ1n) is 5.55. The van der Waals surface area contributed by atoms with E-state index in [4.69, 9.17) is 5.11 Å². The Kier molecular flexibility index (Phi) is 2.54. The van der Waals surface area contributed by atoms with Gasteiger partial charge in [0.1, 0.15) is 12.4 Å². The van der Waals surface area contributed by atoms with Gasteiger partial charge in [-0.05, 0) is 18.3 Å². The Labute approximate surface area is 90.3 Å². The van der Waals surface area contributed by atoms with Crippen molar-refractivity contribution in [2.75, 3.05) is 0 Å². The topological polar surface area (TPSA) is 50.9 Å². The molecule has 2 rings (SSSR count). The van der Waals surface area contributed by atoms with Gasteiger partial charge in [-0.1, -0.05) is 20.3 Å². The van der Waals surface area contributed by atoms with Gasteiger partial charge in [0.05, 0.1) is 0 Å². The lowest BCUT2D eigenvalue weighted by Gasteiger charge is -2.25. The van der Waals surface area contributed by atoms with Gasteiger partial charge in [-0.25, -0.2) is 0 Å². The SMILES string of the molecule is Cn1c(CO)nnc1C1CCCC1(C)C. The van der Waals surface area contributed by atoms with Gasteiger partial charge in [0, 0.05) is 13.0 Å². The highest BCUT2D eigenvalue weighted by atomic mass is 16.3. The quantitative estimate of drug-likeness (QED) is 0.805. The number of hydrogen-bond donors (Lipinski definition) is 1. The van der Waals surface area contributed by atoms with Gasteiger partial charge in [0.15, 0.2) is 5.82 Å². The lowest BCUT2D eigenvalue weighted by molar-refractivity contribution is 0.264. The Morgan fingerprint density at radius 1 is 1.47 bits per heavy atom. The smallest absolute Gasteiger partial charge is 0.158 e. The van der Waals surface area contributed by atoms with Crippen molar-refractivity contribution >= 4 is 0 Å². The first kappa shape index (κ1) is 10.6. The molecule has 1 saturated carbocycles. The van der Waals surface area contributed by atoms with Crippen LogP contribution in [0.5, 0.6) is 0 Å².